The molecule has 0 aromatic heterocycles. The van der Waals surface area contributed by atoms with Crippen molar-refractivity contribution >= 4 is 9.84 Å². The maximum atomic E-state index is 14.2. The van der Waals surface area contributed by atoms with Crippen molar-refractivity contribution in [1.82, 2.24) is 0 Å². The third kappa shape index (κ3) is 5.57. The lowest BCUT2D eigenvalue weighted by molar-refractivity contribution is 0.349. The van der Waals surface area contributed by atoms with Crippen molar-refractivity contribution in [3.8, 4) is 11.8 Å². The van der Waals surface area contributed by atoms with Crippen LogP contribution in [0.4, 0.5) is 0 Å². The molecule has 33 heavy (non-hydrogen) atoms. The normalized spacial score (nSPS) is 15.4. The number of benzene rings is 3. The van der Waals surface area contributed by atoms with Gasteiger partial charge in [-0.1, -0.05) is 97.8 Å². The minimum Gasteiger partial charge on any atom is -0.223 e. The summed E-state index contributed by atoms with van der Waals surface area (Å²) in [6.45, 7) is 0. The lowest BCUT2D eigenvalue weighted by Gasteiger charge is -2.37. The van der Waals surface area contributed by atoms with Gasteiger partial charge in [0.15, 0.2) is 9.84 Å². The average molecular weight is 457 g/mol. The quantitative estimate of drug-likeness (QED) is 0.284. The standard InChI is InChI=1S/C30H32O2S/c31-33(32,29-21-11-10-20-28(29)25-27-18-7-2-8-19-27)30(23-13-4-14-24-30)22-12-3-9-17-26-15-5-1-6-16-26/h1-2,5-8,10-11,15-16,18-21H,3-4,12-14,22-25H2. The van der Waals surface area contributed by atoms with E-state index >= 15 is 0 Å². The third-order valence-electron chi connectivity index (χ3n) is 6.78. The van der Waals surface area contributed by atoms with E-state index in [9.17, 15) is 8.42 Å². The van der Waals surface area contributed by atoms with Crippen molar-refractivity contribution in [2.24, 2.45) is 0 Å². The summed E-state index contributed by atoms with van der Waals surface area (Å²) in [6.07, 6.45) is 7.43. The van der Waals surface area contributed by atoms with Crippen LogP contribution in [-0.2, 0) is 16.3 Å². The van der Waals surface area contributed by atoms with Crippen molar-refractivity contribution in [2.45, 2.75) is 67.4 Å². The van der Waals surface area contributed by atoms with E-state index in [4.69, 9.17) is 0 Å². The summed E-state index contributed by atoms with van der Waals surface area (Å²) in [5, 5.41) is 0. The van der Waals surface area contributed by atoms with Crippen molar-refractivity contribution < 1.29 is 8.42 Å². The first kappa shape index (κ1) is 23.3. The molecule has 1 saturated carbocycles. The van der Waals surface area contributed by atoms with Gasteiger partial charge in [0, 0.05) is 12.0 Å². The SMILES string of the molecule is O=S(=O)(c1ccccc1Cc1ccccc1)C1(CCCC#Cc2ccccc2)CCCCC1. The van der Waals surface area contributed by atoms with Crippen LogP contribution in [0.5, 0.6) is 0 Å². The molecule has 3 aromatic rings. The van der Waals surface area contributed by atoms with E-state index in [2.05, 4.69) is 24.0 Å². The Bertz CT molecular complexity index is 1200. The van der Waals surface area contributed by atoms with Crippen LogP contribution >= 0.6 is 0 Å². The number of sulfone groups is 1. The second-order valence-corrected chi connectivity index (χ2v) is 11.4. The highest BCUT2D eigenvalue weighted by molar-refractivity contribution is 7.93. The zero-order chi connectivity index (χ0) is 23.0. The fraction of sp³-hybridized carbons (Fsp3) is 0.333. The zero-order valence-electron chi connectivity index (χ0n) is 19.2. The van der Waals surface area contributed by atoms with Gasteiger partial charge >= 0.3 is 0 Å². The molecule has 3 heteroatoms. The third-order valence-corrected chi connectivity index (χ3v) is 9.50. The van der Waals surface area contributed by atoms with E-state index in [0.29, 0.717) is 17.7 Å². The smallest absolute Gasteiger partial charge is 0.184 e. The van der Waals surface area contributed by atoms with E-state index in [1.54, 1.807) is 0 Å². The zero-order valence-corrected chi connectivity index (χ0v) is 20.0. The van der Waals surface area contributed by atoms with Gasteiger partial charge in [0.25, 0.3) is 0 Å². The Hall–Kier alpha value is -2.83. The fourth-order valence-electron chi connectivity index (χ4n) is 5.00. The van der Waals surface area contributed by atoms with Crippen molar-refractivity contribution in [2.75, 3.05) is 0 Å². The molecule has 0 heterocycles. The van der Waals surface area contributed by atoms with Crippen LogP contribution < -0.4 is 0 Å². The number of hydrogen-bond donors (Lipinski definition) is 0. The molecule has 0 radical (unpaired) electrons. The average Bonchev–Trinajstić information content (AvgIpc) is 2.86. The Labute approximate surface area is 199 Å². The molecular weight excluding hydrogens is 424 g/mol. The Kier molecular flexibility index (Phi) is 7.68. The van der Waals surface area contributed by atoms with E-state index in [-0.39, 0.29) is 0 Å². The molecule has 0 amide bonds. The highest BCUT2D eigenvalue weighted by Crippen LogP contribution is 2.43. The Balaban J connectivity index is 1.56. The molecule has 1 fully saturated rings. The Morgan fingerprint density at radius 2 is 1.39 bits per heavy atom. The first-order valence-corrected chi connectivity index (χ1v) is 13.5. The van der Waals surface area contributed by atoms with E-state index < -0.39 is 14.6 Å². The largest absolute Gasteiger partial charge is 0.223 e. The highest BCUT2D eigenvalue weighted by Gasteiger charge is 2.45. The molecular formula is C30H32O2S. The maximum Gasteiger partial charge on any atom is 0.184 e. The van der Waals surface area contributed by atoms with Gasteiger partial charge in [-0.3, -0.25) is 0 Å². The highest BCUT2D eigenvalue weighted by atomic mass is 32.2. The topological polar surface area (TPSA) is 34.1 Å². The predicted octanol–water partition coefficient (Wildman–Crippen LogP) is 6.98. The van der Waals surface area contributed by atoms with Crippen LogP contribution in [0.2, 0.25) is 0 Å². The van der Waals surface area contributed by atoms with Gasteiger partial charge in [-0.25, -0.2) is 8.42 Å². The van der Waals surface area contributed by atoms with Crippen LogP contribution in [0.3, 0.4) is 0 Å². The first-order chi connectivity index (χ1) is 16.1. The molecule has 0 aliphatic heterocycles. The molecule has 1 aliphatic carbocycles. The van der Waals surface area contributed by atoms with Crippen molar-refractivity contribution in [3.05, 3.63) is 102 Å². The number of hydrogen-bond acceptors (Lipinski definition) is 2. The lowest BCUT2D eigenvalue weighted by Crippen LogP contribution is -2.41. The number of unbranched alkanes of at least 4 members (excludes halogenated alkanes) is 1. The maximum absolute atomic E-state index is 14.2. The molecule has 0 saturated heterocycles. The second-order valence-electron chi connectivity index (χ2n) is 9.04. The van der Waals surface area contributed by atoms with Gasteiger partial charge in [0.05, 0.1) is 9.64 Å². The van der Waals surface area contributed by atoms with Gasteiger partial charge in [0.1, 0.15) is 0 Å². The molecule has 2 nitrogen and oxygen atoms in total. The van der Waals surface area contributed by atoms with Crippen LogP contribution in [-0.4, -0.2) is 13.2 Å². The van der Waals surface area contributed by atoms with Crippen LogP contribution in [0.25, 0.3) is 0 Å². The predicted molar refractivity (Wildman–Crippen MR) is 136 cm³/mol. The van der Waals surface area contributed by atoms with Crippen molar-refractivity contribution in [3.63, 3.8) is 0 Å². The summed E-state index contributed by atoms with van der Waals surface area (Å²) in [5.41, 5.74) is 3.04. The summed E-state index contributed by atoms with van der Waals surface area (Å²) >= 11 is 0. The van der Waals surface area contributed by atoms with Crippen LogP contribution in [0.1, 0.15) is 68.1 Å². The van der Waals surface area contributed by atoms with Crippen LogP contribution in [0.15, 0.2) is 89.8 Å². The summed E-state index contributed by atoms with van der Waals surface area (Å²) in [6, 6.07) is 27.7. The number of rotatable bonds is 7. The molecule has 3 aromatic carbocycles. The fourth-order valence-corrected chi connectivity index (χ4v) is 7.44. The molecule has 0 unspecified atom stereocenters. The second kappa shape index (κ2) is 10.9. The minimum absolute atomic E-state index is 0.520. The Morgan fingerprint density at radius 1 is 0.758 bits per heavy atom. The van der Waals surface area contributed by atoms with Gasteiger partial charge in [-0.15, -0.1) is 0 Å². The molecule has 4 rings (SSSR count). The lowest BCUT2D eigenvalue weighted by atomic mass is 9.84. The van der Waals surface area contributed by atoms with Gasteiger partial charge in [-0.05, 0) is 61.4 Å². The molecule has 0 bridgehead atoms. The van der Waals surface area contributed by atoms with Crippen molar-refractivity contribution in [1.29, 1.82) is 0 Å². The summed E-state index contributed by atoms with van der Waals surface area (Å²) in [5.74, 6) is 6.45. The summed E-state index contributed by atoms with van der Waals surface area (Å²) < 4.78 is 27.7. The molecule has 1 aliphatic rings. The van der Waals surface area contributed by atoms with E-state index in [1.807, 2.05) is 72.8 Å². The molecule has 0 spiro atoms. The van der Waals surface area contributed by atoms with Gasteiger partial charge < -0.3 is 0 Å². The van der Waals surface area contributed by atoms with E-state index in [1.165, 1.54) is 0 Å². The monoisotopic (exact) mass is 456 g/mol. The van der Waals surface area contributed by atoms with E-state index in [0.717, 1.165) is 61.6 Å². The minimum atomic E-state index is -3.46. The molecule has 0 atom stereocenters. The molecule has 170 valence electrons. The summed E-state index contributed by atoms with van der Waals surface area (Å²) in [7, 11) is -3.46. The van der Waals surface area contributed by atoms with Gasteiger partial charge in [0.2, 0.25) is 0 Å². The molecule has 0 N–H and O–H groups in total. The Morgan fingerprint density at radius 3 is 2.12 bits per heavy atom. The summed E-state index contributed by atoms with van der Waals surface area (Å²) in [4.78, 5) is 0.520. The van der Waals surface area contributed by atoms with Gasteiger partial charge in [-0.2, -0.15) is 0 Å². The van der Waals surface area contributed by atoms with Crippen LogP contribution in [0, 0.1) is 11.8 Å². The first-order valence-electron chi connectivity index (χ1n) is 12.0.